The molecule has 0 atom stereocenters. The van der Waals surface area contributed by atoms with E-state index in [9.17, 15) is 4.79 Å². The van der Waals surface area contributed by atoms with Crippen LogP contribution in [-0.2, 0) is 12.9 Å². The summed E-state index contributed by atoms with van der Waals surface area (Å²) in [5.74, 6) is 0.399. The first-order chi connectivity index (χ1) is 4.74. The first kappa shape index (κ1) is 10.5. The summed E-state index contributed by atoms with van der Waals surface area (Å²) in [4.78, 5) is 10.9. The van der Waals surface area contributed by atoms with Crippen molar-refractivity contribution in [3.8, 4) is 0 Å². The number of hydrogen-bond acceptors (Lipinski definition) is 1. The van der Waals surface area contributed by atoms with Crippen LogP contribution in [0.3, 0.4) is 0 Å². The van der Waals surface area contributed by atoms with Crippen LogP contribution in [0.4, 0.5) is 0 Å². The van der Waals surface area contributed by atoms with Gasteiger partial charge in [-0.05, 0) is 11.6 Å². The van der Waals surface area contributed by atoms with Gasteiger partial charge < -0.3 is 4.57 Å². The van der Waals surface area contributed by atoms with Crippen LogP contribution in [0.1, 0.15) is 5.56 Å². The van der Waals surface area contributed by atoms with Crippen molar-refractivity contribution in [2.45, 2.75) is 5.88 Å². The highest BCUT2D eigenvalue weighted by Gasteiger charge is 1.91. The summed E-state index contributed by atoms with van der Waals surface area (Å²) in [5.41, 5.74) is 0.850. The average Bonchev–Trinajstić information content (AvgIpc) is 1.95. The molecule has 4 heteroatoms. The van der Waals surface area contributed by atoms with E-state index >= 15 is 0 Å². The van der Waals surface area contributed by atoms with Crippen molar-refractivity contribution in [2.75, 3.05) is 0 Å². The minimum absolute atomic E-state index is 0. The fourth-order valence-corrected chi connectivity index (χ4v) is 0.839. The topological polar surface area (TPSA) is 22.0 Å². The molecule has 2 nitrogen and oxygen atoms in total. The second kappa shape index (κ2) is 4.42. The van der Waals surface area contributed by atoms with E-state index in [2.05, 4.69) is 0 Å². The maximum Gasteiger partial charge on any atom is 0.250 e. The fraction of sp³-hybridized carbons (Fsp3) is 0.286. The Hall–Kier alpha value is -0.470. The molecule has 0 fully saturated rings. The number of pyridine rings is 1. The number of nitrogens with zero attached hydrogens (tertiary/aromatic N) is 1. The molecule has 0 aliphatic heterocycles. The Morgan fingerprint density at radius 2 is 2.27 bits per heavy atom. The van der Waals surface area contributed by atoms with Crippen LogP contribution in [0, 0.1) is 0 Å². The van der Waals surface area contributed by atoms with Crippen LogP contribution in [-0.4, -0.2) is 4.57 Å². The fourth-order valence-electron chi connectivity index (χ4n) is 0.673. The van der Waals surface area contributed by atoms with Crippen molar-refractivity contribution in [1.29, 1.82) is 0 Å². The van der Waals surface area contributed by atoms with Gasteiger partial charge in [0.1, 0.15) is 0 Å². The molecule has 0 aromatic carbocycles. The molecule has 0 saturated heterocycles. The van der Waals surface area contributed by atoms with Crippen molar-refractivity contribution in [1.82, 2.24) is 4.57 Å². The maximum absolute atomic E-state index is 10.9. The molecule has 0 amide bonds. The quantitative estimate of drug-likeness (QED) is 0.621. The second-order valence-corrected chi connectivity index (χ2v) is 2.39. The van der Waals surface area contributed by atoms with Gasteiger partial charge in [0.25, 0.3) is 5.56 Å². The Kier molecular flexibility index (Phi) is 4.23. The van der Waals surface area contributed by atoms with E-state index in [1.807, 2.05) is 6.07 Å². The van der Waals surface area contributed by atoms with Gasteiger partial charge in [-0.15, -0.1) is 24.0 Å². The van der Waals surface area contributed by atoms with Crippen molar-refractivity contribution in [3.63, 3.8) is 0 Å². The molecule has 1 rings (SSSR count). The molecule has 0 radical (unpaired) electrons. The lowest BCUT2D eigenvalue weighted by atomic mass is 10.3. The molecule has 1 heterocycles. The van der Waals surface area contributed by atoms with Crippen molar-refractivity contribution in [2.24, 2.45) is 7.05 Å². The second-order valence-electron chi connectivity index (χ2n) is 2.12. The lowest BCUT2D eigenvalue weighted by Crippen LogP contribution is -2.14. The summed E-state index contributed by atoms with van der Waals surface area (Å²) >= 11 is 5.50. The summed E-state index contributed by atoms with van der Waals surface area (Å²) in [7, 11) is 1.71. The summed E-state index contributed by atoms with van der Waals surface area (Å²) in [6.45, 7) is 0. The first-order valence-corrected chi connectivity index (χ1v) is 3.49. The Labute approximate surface area is 76.2 Å². The third-order valence-corrected chi connectivity index (χ3v) is 1.63. The van der Waals surface area contributed by atoms with Gasteiger partial charge in [0.05, 0.1) is 0 Å². The van der Waals surface area contributed by atoms with E-state index < -0.39 is 0 Å². The standard InChI is InChI=1S/C7H8ClNO.ClH/c1-9-3-2-6(5-8)4-7(9)10;/h2-4H,5H2,1H3;1H. The molecule has 11 heavy (non-hydrogen) atoms. The number of halogens is 2. The van der Waals surface area contributed by atoms with Crippen LogP contribution in [0.25, 0.3) is 0 Å². The normalized spacial score (nSPS) is 8.91. The van der Waals surface area contributed by atoms with Gasteiger partial charge in [0.2, 0.25) is 0 Å². The summed E-state index contributed by atoms with van der Waals surface area (Å²) in [6, 6.07) is 3.36. The van der Waals surface area contributed by atoms with Gasteiger partial charge in [0.15, 0.2) is 0 Å². The summed E-state index contributed by atoms with van der Waals surface area (Å²) in [5, 5.41) is 0. The maximum atomic E-state index is 10.9. The molecule has 0 bridgehead atoms. The predicted octanol–water partition coefficient (Wildman–Crippen LogP) is 1.55. The van der Waals surface area contributed by atoms with E-state index in [4.69, 9.17) is 11.6 Å². The SMILES string of the molecule is Cl.Cn1ccc(CCl)cc1=O. The number of aromatic nitrogens is 1. The Bertz CT molecular complexity index is 282. The van der Waals surface area contributed by atoms with Crippen LogP contribution >= 0.6 is 24.0 Å². The summed E-state index contributed by atoms with van der Waals surface area (Å²) < 4.78 is 1.51. The number of hydrogen-bond donors (Lipinski definition) is 0. The van der Waals surface area contributed by atoms with Gasteiger partial charge in [-0.25, -0.2) is 0 Å². The lowest BCUT2D eigenvalue weighted by Gasteiger charge is -1.96. The number of alkyl halides is 1. The van der Waals surface area contributed by atoms with Crippen LogP contribution in [0.2, 0.25) is 0 Å². The largest absolute Gasteiger partial charge is 0.319 e. The predicted molar refractivity (Wildman–Crippen MR) is 48.5 cm³/mol. The van der Waals surface area contributed by atoms with E-state index in [1.165, 1.54) is 10.6 Å². The third-order valence-electron chi connectivity index (χ3n) is 1.32. The number of aryl methyl sites for hydroxylation is 1. The molecular formula is C7H9Cl2NO. The van der Waals surface area contributed by atoms with Crippen molar-refractivity contribution >= 4 is 24.0 Å². The van der Waals surface area contributed by atoms with Crippen LogP contribution in [0.5, 0.6) is 0 Å². The minimum atomic E-state index is -0.0156. The van der Waals surface area contributed by atoms with E-state index in [0.29, 0.717) is 5.88 Å². The number of rotatable bonds is 1. The zero-order valence-electron chi connectivity index (χ0n) is 6.08. The van der Waals surface area contributed by atoms with Crippen molar-refractivity contribution < 1.29 is 0 Å². The highest BCUT2D eigenvalue weighted by atomic mass is 35.5. The zero-order valence-corrected chi connectivity index (χ0v) is 7.65. The molecule has 0 N–H and O–H groups in total. The molecular weight excluding hydrogens is 185 g/mol. The molecule has 1 aromatic rings. The van der Waals surface area contributed by atoms with Crippen molar-refractivity contribution in [3.05, 3.63) is 34.2 Å². The van der Waals surface area contributed by atoms with Crippen LogP contribution < -0.4 is 5.56 Å². The van der Waals surface area contributed by atoms with Gasteiger partial charge in [-0.3, -0.25) is 4.79 Å². The zero-order chi connectivity index (χ0) is 7.56. The van der Waals surface area contributed by atoms with Crippen LogP contribution in [0.15, 0.2) is 23.1 Å². The smallest absolute Gasteiger partial charge is 0.250 e. The lowest BCUT2D eigenvalue weighted by molar-refractivity contribution is 0.855. The van der Waals surface area contributed by atoms with E-state index in [1.54, 1.807) is 13.2 Å². The molecule has 1 aromatic heterocycles. The molecule has 0 aliphatic carbocycles. The van der Waals surface area contributed by atoms with Gasteiger partial charge in [-0.2, -0.15) is 0 Å². The van der Waals surface area contributed by atoms with Gasteiger partial charge in [0, 0.05) is 25.2 Å². The monoisotopic (exact) mass is 193 g/mol. The molecule has 62 valence electrons. The first-order valence-electron chi connectivity index (χ1n) is 2.95. The molecule has 0 spiro atoms. The van der Waals surface area contributed by atoms with Gasteiger partial charge >= 0.3 is 0 Å². The Morgan fingerprint density at radius 1 is 1.64 bits per heavy atom. The third kappa shape index (κ3) is 2.56. The van der Waals surface area contributed by atoms with E-state index in [-0.39, 0.29) is 18.0 Å². The Morgan fingerprint density at radius 3 is 2.73 bits per heavy atom. The Balaban J connectivity index is 0.000001000. The molecule has 0 unspecified atom stereocenters. The molecule has 0 aliphatic rings. The average molecular weight is 194 g/mol. The minimum Gasteiger partial charge on any atom is -0.319 e. The highest BCUT2D eigenvalue weighted by Crippen LogP contribution is 1.97. The van der Waals surface area contributed by atoms with Gasteiger partial charge in [-0.1, -0.05) is 0 Å². The van der Waals surface area contributed by atoms with E-state index in [0.717, 1.165) is 5.56 Å². The summed E-state index contributed by atoms with van der Waals surface area (Å²) in [6.07, 6.45) is 1.71. The highest BCUT2D eigenvalue weighted by molar-refractivity contribution is 6.17. The molecule has 0 saturated carbocycles.